The molecule has 2 aromatic rings. The predicted molar refractivity (Wildman–Crippen MR) is 138 cm³/mol. The zero-order valence-electron chi connectivity index (χ0n) is 20.5. The number of ether oxygens (including phenoxy) is 1. The van der Waals surface area contributed by atoms with Crippen LogP contribution in [-0.2, 0) is 30.8 Å². The SMILES string of the molecule is COC(=O)Cc1c[nH]c2cccc(C=CS(=O)(=O)N3CCC4(CC3)N=C(C3CCCCC3)NC4=O)c12. The monoisotopic (exact) mass is 512 g/mol. The first-order valence-corrected chi connectivity index (χ1v) is 14.1. The van der Waals surface area contributed by atoms with Crippen LogP contribution < -0.4 is 5.32 Å². The Morgan fingerprint density at radius 2 is 1.97 bits per heavy atom. The number of piperidine rings is 1. The first-order valence-electron chi connectivity index (χ1n) is 12.6. The van der Waals surface area contributed by atoms with Gasteiger partial charge in [-0.3, -0.25) is 14.6 Å². The molecule has 1 aromatic heterocycles. The van der Waals surface area contributed by atoms with E-state index < -0.39 is 15.6 Å². The number of esters is 1. The molecule has 3 heterocycles. The van der Waals surface area contributed by atoms with Crippen molar-refractivity contribution in [2.75, 3.05) is 20.2 Å². The van der Waals surface area contributed by atoms with Gasteiger partial charge in [-0.15, -0.1) is 0 Å². The fourth-order valence-electron chi connectivity index (χ4n) is 5.60. The number of aromatic amines is 1. The smallest absolute Gasteiger partial charge is 0.310 e. The summed E-state index contributed by atoms with van der Waals surface area (Å²) in [5.41, 5.74) is 1.41. The lowest BCUT2D eigenvalue weighted by molar-refractivity contribution is -0.139. The number of aromatic nitrogens is 1. The number of nitrogens with one attached hydrogen (secondary N) is 2. The third-order valence-corrected chi connectivity index (χ3v) is 9.27. The average molecular weight is 513 g/mol. The van der Waals surface area contributed by atoms with Crippen molar-refractivity contribution in [2.45, 2.75) is 56.9 Å². The summed E-state index contributed by atoms with van der Waals surface area (Å²) in [7, 11) is -2.36. The third-order valence-electron chi connectivity index (χ3n) is 7.70. The molecule has 0 bridgehead atoms. The number of sulfonamides is 1. The van der Waals surface area contributed by atoms with Gasteiger partial charge in [0.25, 0.3) is 5.91 Å². The van der Waals surface area contributed by atoms with Gasteiger partial charge in [0.2, 0.25) is 10.0 Å². The second-order valence-electron chi connectivity index (χ2n) is 9.90. The average Bonchev–Trinajstić information content (AvgIpc) is 3.44. The Kier molecular flexibility index (Phi) is 6.74. The Morgan fingerprint density at radius 1 is 1.22 bits per heavy atom. The number of hydrogen-bond donors (Lipinski definition) is 2. The molecule has 2 N–H and O–H groups in total. The number of amides is 1. The molecular formula is C26H32N4O5S. The number of amidine groups is 1. The molecule has 1 saturated heterocycles. The number of carbonyl (C=O) groups is 2. The number of fused-ring (bicyclic) bond motifs is 1. The Bertz CT molecular complexity index is 1330. The molecule has 1 saturated carbocycles. The molecule has 36 heavy (non-hydrogen) atoms. The largest absolute Gasteiger partial charge is 0.469 e. The van der Waals surface area contributed by atoms with Crippen molar-refractivity contribution in [3.05, 3.63) is 40.9 Å². The van der Waals surface area contributed by atoms with E-state index in [1.165, 1.54) is 23.2 Å². The number of benzene rings is 1. The zero-order valence-corrected chi connectivity index (χ0v) is 21.3. The summed E-state index contributed by atoms with van der Waals surface area (Å²) in [4.78, 5) is 32.6. The number of rotatable bonds is 6. The molecule has 0 atom stereocenters. The van der Waals surface area contributed by atoms with Crippen LogP contribution in [-0.4, -0.2) is 61.2 Å². The molecule has 0 unspecified atom stereocenters. The maximum absolute atomic E-state index is 13.2. The van der Waals surface area contributed by atoms with E-state index in [-0.39, 0.29) is 31.4 Å². The Hall–Kier alpha value is -2.98. The fourth-order valence-corrected chi connectivity index (χ4v) is 6.78. The zero-order chi connectivity index (χ0) is 25.3. The van der Waals surface area contributed by atoms with Gasteiger partial charge < -0.3 is 15.0 Å². The summed E-state index contributed by atoms with van der Waals surface area (Å²) in [5.74, 6) is 0.660. The van der Waals surface area contributed by atoms with Gasteiger partial charge in [0.1, 0.15) is 11.4 Å². The molecular weight excluding hydrogens is 480 g/mol. The van der Waals surface area contributed by atoms with Crippen molar-refractivity contribution in [1.29, 1.82) is 0 Å². The normalized spacial score (nSPS) is 21.2. The minimum Gasteiger partial charge on any atom is -0.469 e. The van der Waals surface area contributed by atoms with Gasteiger partial charge in [-0.25, -0.2) is 8.42 Å². The summed E-state index contributed by atoms with van der Waals surface area (Å²) >= 11 is 0. The lowest BCUT2D eigenvalue weighted by atomic mass is 9.88. The summed E-state index contributed by atoms with van der Waals surface area (Å²) in [5, 5.41) is 5.01. The van der Waals surface area contributed by atoms with Crippen LogP contribution in [0.25, 0.3) is 17.0 Å². The topological polar surface area (TPSA) is 121 Å². The molecule has 1 aliphatic carbocycles. The molecule has 9 nitrogen and oxygen atoms in total. The molecule has 3 aliphatic rings. The van der Waals surface area contributed by atoms with Gasteiger partial charge in [-0.05, 0) is 49.0 Å². The Labute approximate surface area is 211 Å². The van der Waals surface area contributed by atoms with Crippen molar-refractivity contribution < 1.29 is 22.7 Å². The highest BCUT2D eigenvalue weighted by Crippen LogP contribution is 2.35. The minimum atomic E-state index is -3.70. The van der Waals surface area contributed by atoms with Crippen molar-refractivity contribution in [3.8, 4) is 0 Å². The van der Waals surface area contributed by atoms with Crippen LogP contribution in [0.5, 0.6) is 0 Å². The second-order valence-corrected chi connectivity index (χ2v) is 11.7. The number of H-pyrrole nitrogens is 1. The Balaban J connectivity index is 1.30. The number of nitrogens with zero attached hydrogens (tertiary/aromatic N) is 2. The standard InChI is InChI=1S/C26H32N4O5S/c1-35-22(31)16-20-17-27-21-9-5-8-18(23(20)21)10-15-36(33,34)30-13-11-26(12-14-30)25(32)28-24(29-26)19-6-3-2-4-7-19/h5,8-10,15,17,19,27H,2-4,6-7,11-14,16H2,1H3,(H,28,29,32). The first kappa shape index (κ1) is 24.7. The quantitative estimate of drug-likeness (QED) is 0.576. The van der Waals surface area contributed by atoms with Crippen LogP contribution in [0.15, 0.2) is 34.8 Å². The maximum Gasteiger partial charge on any atom is 0.310 e. The van der Waals surface area contributed by atoms with Crippen molar-refractivity contribution in [3.63, 3.8) is 0 Å². The second kappa shape index (κ2) is 9.82. The number of methoxy groups -OCH3 is 1. The van der Waals surface area contributed by atoms with E-state index in [0.717, 1.165) is 48.0 Å². The molecule has 10 heteroatoms. The van der Waals surface area contributed by atoms with Gasteiger partial charge in [0, 0.05) is 41.5 Å². The number of carbonyl (C=O) groups excluding carboxylic acids is 2. The van der Waals surface area contributed by atoms with E-state index in [0.29, 0.717) is 24.3 Å². The molecule has 1 aromatic carbocycles. The lowest BCUT2D eigenvalue weighted by Gasteiger charge is -2.34. The highest BCUT2D eigenvalue weighted by Gasteiger charge is 2.48. The summed E-state index contributed by atoms with van der Waals surface area (Å²) in [6, 6.07) is 5.53. The van der Waals surface area contributed by atoms with E-state index in [1.807, 2.05) is 18.2 Å². The Morgan fingerprint density at radius 3 is 2.69 bits per heavy atom. The fraction of sp³-hybridized carbons (Fsp3) is 0.500. The van der Waals surface area contributed by atoms with E-state index in [1.54, 1.807) is 12.3 Å². The van der Waals surface area contributed by atoms with Crippen LogP contribution in [0, 0.1) is 5.92 Å². The molecule has 0 radical (unpaired) electrons. The summed E-state index contributed by atoms with van der Waals surface area (Å²) in [6.45, 7) is 0.479. The number of hydrogen-bond acceptors (Lipinski definition) is 6. The van der Waals surface area contributed by atoms with Crippen LogP contribution in [0.1, 0.15) is 56.1 Å². The molecule has 2 fully saturated rings. The van der Waals surface area contributed by atoms with Crippen molar-refractivity contribution >= 4 is 44.7 Å². The van der Waals surface area contributed by atoms with Crippen LogP contribution in [0.4, 0.5) is 0 Å². The van der Waals surface area contributed by atoms with Crippen LogP contribution in [0.2, 0.25) is 0 Å². The van der Waals surface area contributed by atoms with Crippen LogP contribution >= 0.6 is 0 Å². The van der Waals surface area contributed by atoms with Crippen molar-refractivity contribution in [1.82, 2.24) is 14.6 Å². The van der Waals surface area contributed by atoms with E-state index in [4.69, 9.17) is 9.73 Å². The van der Waals surface area contributed by atoms with E-state index in [9.17, 15) is 18.0 Å². The summed E-state index contributed by atoms with van der Waals surface area (Å²) < 4.78 is 32.5. The van der Waals surface area contributed by atoms with E-state index >= 15 is 0 Å². The first-order chi connectivity index (χ1) is 17.3. The summed E-state index contributed by atoms with van der Waals surface area (Å²) in [6.07, 6.45) is 9.80. The van der Waals surface area contributed by atoms with Gasteiger partial charge in [-0.1, -0.05) is 31.4 Å². The molecule has 1 amide bonds. The van der Waals surface area contributed by atoms with Gasteiger partial charge in [-0.2, -0.15) is 4.31 Å². The highest BCUT2D eigenvalue weighted by molar-refractivity contribution is 7.92. The lowest BCUT2D eigenvalue weighted by Crippen LogP contribution is -2.50. The minimum absolute atomic E-state index is 0.0899. The molecule has 192 valence electrons. The highest BCUT2D eigenvalue weighted by atomic mass is 32.2. The molecule has 2 aliphatic heterocycles. The van der Waals surface area contributed by atoms with Gasteiger partial charge in [0.05, 0.1) is 13.5 Å². The number of aliphatic imine (C=N–C) groups is 1. The maximum atomic E-state index is 13.2. The van der Waals surface area contributed by atoms with Crippen molar-refractivity contribution in [2.24, 2.45) is 10.9 Å². The van der Waals surface area contributed by atoms with Gasteiger partial charge in [0.15, 0.2) is 0 Å². The molecule has 1 spiro atoms. The van der Waals surface area contributed by atoms with Crippen LogP contribution in [0.3, 0.4) is 0 Å². The third kappa shape index (κ3) is 4.71. The van der Waals surface area contributed by atoms with E-state index in [2.05, 4.69) is 10.3 Å². The van der Waals surface area contributed by atoms with Gasteiger partial charge >= 0.3 is 5.97 Å². The molecule has 5 rings (SSSR count). The predicted octanol–water partition coefficient (Wildman–Crippen LogP) is 3.13.